The molecule has 0 aliphatic heterocycles. The Hall–Kier alpha value is 0.589. The summed E-state index contributed by atoms with van der Waals surface area (Å²) in [4.78, 5) is 24.3. The summed E-state index contributed by atoms with van der Waals surface area (Å²) in [5.41, 5.74) is 0. The first-order chi connectivity index (χ1) is 2.00. The van der Waals surface area contributed by atoms with E-state index >= 15 is 0 Å². The Morgan fingerprint density at radius 3 is 1.43 bits per heavy atom. The van der Waals surface area contributed by atoms with Crippen molar-refractivity contribution in [2.45, 2.75) is 0 Å². The molecule has 3 N–H and O–H groups in total. The van der Waals surface area contributed by atoms with Crippen LogP contribution in [0.2, 0.25) is 0 Å². The van der Waals surface area contributed by atoms with Gasteiger partial charge in [-0.25, -0.2) is 0 Å². The minimum Gasteiger partial charge on any atom is -0.790 e. The molecule has 0 saturated heterocycles. The summed E-state index contributed by atoms with van der Waals surface area (Å²) in [6, 6.07) is 0. The minimum atomic E-state index is -5.14. The Morgan fingerprint density at radius 2 is 1.43 bits per heavy atom. The van der Waals surface area contributed by atoms with Crippen LogP contribution >= 0.6 is 7.82 Å². The first-order valence-electron chi connectivity index (χ1n) is 0.748. The normalized spacial score (nSPS) is 8.43. The fraction of sp³-hybridized carbons (Fsp3) is 0. The molecule has 0 heterocycles. The van der Waals surface area contributed by atoms with Crippen molar-refractivity contribution in [3.05, 3.63) is 0 Å². The second kappa shape index (κ2) is 4.74. The molecular formula is H3CuO5P. The van der Waals surface area contributed by atoms with Gasteiger partial charge in [-0.05, 0) is 0 Å². The summed E-state index contributed by atoms with van der Waals surface area (Å²) in [7, 11) is -5.14. The Kier molecular flexibility index (Phi) is 10.6. The molecule has 7 heavy (non-hydrogen) atoms. The second-order valence-electron chi connectivity index (χ2n) is 0.469. The number of rotatable bonds is 0. The third-order valence-corrected chi connectivity index (χ3v) is 0. The van der Waals surface area contributed by atoms with Gasteiger partial charge >= 0.3 is 17.1 Å². The molecule has 0 aromatic heterocycles. The van der Waals surface area contributed by atoms with Gasteiger partial charge in [-0.2, -0.15) is 0 Å². The van der Waals surface area contributed by atoms with E-state index in [0.717, 1.165) is 0 Å². The molecule has 49 valence electrons. The molecule has 0 atom stereocenters. The maximum atomic E-state index is 8.66. The molecule has 1 radical (unpaired) electrons. The molecule has 0 aromatic carbocycles. The van der Waals surface area contributed by atoms with Gasteiger partial charge in [-0.3, -0.25) is 0 Å². The predicted octanol–water partition coefficient (Wildman–Crippen LogP) is -3.02. The van der Waals surface area contributed by atoms with Gasteiger partial charge in [0.2, 0.25) is 0 Å². The molecule has 0 amide bonds. The van der Waals surface area contributed by atoms with E-state index < -0.39 is 7.82 Å². The van der Waals surface area contributed by atoms with Gasteiger partial charge < -0.3 is 24.7 Å². The molecule has 0 unspecified atom stereocenters. The molecule has 5 nitrogen and oxygen atoms in total. The van der Waals surface area contributed by atoms with E-state index in [2.05, 4.69) is 0 Å². The third-order valence-electron chi connectivity index (χ3n) is 0. The third kappa shape index (κ3) is 399. The van der Waals surface area contributed by atoms with Crippen molar-refractivity contribution in [3.8, 4) is 0 Å². The van der Waals surface area contributed by atoms with Crippen LogP contribution in [-0.2, 0) is 21.6 Å². The van der Waals surface area contributed by atoms with Gasteiger partial charge in [0.1, 0.15) is 0 Å². The van der Waals surface area contributed by atoms with E-state index in [1.807, 2.05) is 0 Å². The van der Waals surface area contributed by atoms with Gasteiger partial charge in [0.15, 0.2) is 0 Å². The van der Waals surface area contributed by atoms with E-state index in [1.54, 1.807) is 0 Å². The number of hydrogen-bond acceptors (Lipinski definition) is 3. The largest absolute Gasteiger partial charge is 2.00 e. The summed E-state index contributed by atoms with van der Waals surface area (Å²) in [5, 5.41) is 0. The van der Waals surface area contributed by atoms with Crippen LogP contribution in [-0.4, -0.2) is 10.4 Å². The van der Waals surface area contributed by atoms with Crippen molar-refractivity contribution in [2.24, 2.45) is 0 Å². The fourth-order valence-corrected chi connectivity index (χ4v) is 0. The molecule has 0 aliphatic rings. The van der Waals surface area contributed by atoms with Crippen molar-refractivity contribution in [3.63, 3.8) is 0 Å². The monoisotopic (exact) mass is 177 g/mol. The molecule has 0 spiro atoms. The maximum absolute atomic E-state index is 8.66. The van der Waals surface area contributed by atoms with Crippen LogP contribution in [0.1, 0.15) is 0 Å². The topological polar surface area (TPSA) is 115 Å². The van der Waals surface area contributed by atoms with E-state index in [0.29, 0.717) is 0 Å². The van der Waals surface area contributed by atoms with Gasteiger partial charge in [-0.15, -0.1) is 0 Å². The SMILES string of the molecule is O.O=P([O-])([O-])O.[Cu+2]. The first kappa shape index (κ1) is 15.6. The average molecular weight is 178 g/mol. The zero-order chi connectivity index (χ0) is 4.50. The zero-order valence-corrected chi connectivity index (χ0v) is 4.76. The number of hydrogen-bond donors (Lipinski definition) is 1. The Labute approximate surface area is 50.4 Å². The minimum absolute atomic E-state index is 0. The van der Waals surface area contributed by atoms with Crippen LogP contribution < -0.4 is 9.79 Å². The van der Waals surface area contributed by atoms with Gasteiger partial charge in [0.25, 0.3) is 0 Å². The Morgan fingerprint density at radius 1 is 1.43 bits per heavy atom. The molecule has 7 heteroatoms. The molecule has 0 aliphatic carbocycles. The van der Waals surface area contributed by atoms with Crippen molar-refractivity contribution < 1.29 is 41.8 Å². The summed E-state index contributed by atoms with van der Waals surface area (Å²) in [5.74, 6) is 0. The molecule has 0 saturated carbocycles. The van der Waals surface area contributed by atoms with Crippen LogP contribution in [0.3, 0.4) is 0 Å². The van der Waals surface area contributed by atoms with Crippen LogP contribution in [0, 0.1) is 0 Å². The van der Waals surface area contributed by atoms with Crippen LogP contribution in [0.5, 0.6) is 0 Å². The number of phosphoric acid groups is 1. The molecular weight excluding hydrogens is 175 g/mol. The molecule has 0 rings (SSSR count). The van der Waals surface area contributed by atoms with E-state index in [-0.39, 0.29) is 22.5 Å². The van der Waals surface area contributed by atoms with Crippen molar-refractivity contribution in [1.82, 2.24) is 0 Å². The zero-order valence-electron chi connectivity index (χ0n) is 2.92. The van der Waals surface area contributed by atoms with E-state index in [4.69, 9.17) is 19.2 Å². The van der Waals surface area contributed by atoms with Crippen LogP contribution in [0.4, 0.5) is 0 Å². The van der Waals surface area contributed by atoms with E-state index in [1.165, 1.54) is 0 Å². The Bertz CT molecular complexity index is 54.2. The van der Waals surface area contributed by atoms with Gasteiger partial charge in [0, 0.05) is 0 Å². The van der Waals surface area contributed by atoms with Crippen LogP contribution in [0.15, 0.2) is 0 Å². The summed E-state index contributed by atoms with van der Waals surface area (Å²) < 4.78 is 8.66. The maximum Gasteiger partial charge on any atom is 2.00 e. The van der Waals surface area contributed by atoms with Gasteiger partial charge in [0.05, 0.1) is 7.82 Å². The first-order valence-corrected chi connectivity index (χ1v) is 2.24. The smallest absolute Gasteiger partial charge is 0.790 e. The molecule has 0 fully saturated rings. The summed E-state index contributed by atoms with van der Waals surface area (Å²) in [6.45, 7) is 0. The van der Waals surface area contributed by atoms with Crippen LogP contribution in [0.25, 0.3) is 0 Å². The Balaban J connectivity index is -0.0000000800. The fourth-order valence-electron chi connectivity index (χ4n) is 0. The second-order valence-corrected chi connectivity index (χ2v) is 1.41. The van der Waals surface area contributed by atoms with Crippen molar-refractivity contribution in [1.29, 1.82) is 0 Å². The summed E-state index contributed by atoms with van der Waals surface area (Å²) in [6.07, 6.45) is 0. The van der Waals surface area contributed by atoms with Crippen molar-refractivity contribution >= 4 is 7.82 Å². The van der Waals surface area contributed by atoms with Gasteiger partial charge in [-0.1, -0.05) is 0 Å². The van der Waals surface area contributed by atoms with E-state index in [9.17, 15) is 0 Å². The molecule has 0 bridgehead atoms. The predicted molar refractivity (Wildman–Crippen MR) is 13.4 cm³/mol. The quantitative estimate of drug-likeness (QED) is 0.313. The average Bonchev–Trinajstić information content (AvgIpc) is 0.722. The standard InChI is InChI=1S/Cu.H3O4P.H2O/c;1-5(2,3)4;/h;(H3,1,2,3,4);1H2/q+2;;/p-2. The molecule has 0 aromatic rings. The van der Waals surface area contributed by atoms with Crippen molar-refractivity contribution in [2.75, 3.05) is 0 Å². The summed E-state index contributed by atoms with van der Waals surface area (Å²) >= 11 is 0.